The number of anilines is 1. The van der Waals surface area contributed by atoms with Crippen molar-refractivity contribution >= 4 is 39.1 Å². The van der Waals surface area contributed by atoms with E-state index in [2.05, 4.69) is 21.2 Å². The molecule has 0 aromatic heterocycles. The minimum Gasteiger partial charge on any atom is -0.327 e. The van der Waals surface area contributed by atoms with Gasteiger partial charge in [-0.25, -0.2) is 0 Å². The molecule has 2 atom stereocenters. The number of hydrogen-bond acceptors (Lipinski definition) is 2. The number of nitrogens with two attached hydrogens (primary N) is 1. The van der Waals surface area contributed by atoms with Crippen molar-refractivity contribution in [3.63, 3.8) is 0 Å². The van der Waals surface area contributed by atoms with Gasteiger partial charge in [-0.3, -0.25) is 4.79 Å². The fourth-order valence-corrected chi connectivity index (χ4v) is 3.01. The largest absolute Gasteiger partial charge is 0.327 e. The summed E-state index contributed by atoms with van der Waals surface area (Å²) in [4.78, 5) is 12.3. The first-order valence-corrected chi connectivity index (χ1v) is 7.76. The monoisotopic (exact) mass is 344 g/mol. The van der Waals surface area contributed by atoms with Crippen LogP contribution in [0.5, 0.6) is 0 Å². The lowest BCUT2D eigenvalue weighted by Crippen LogP contribution is -2.37. The smallest absolute Gasteiger partial charge is 0.229 e. The highest BCUT2D eigenvalue weighted by Crippen LogP contribution is 2.28. The summed E-state index contributed by atoms with van der Waals surface area (Å²) in [6.45, 7) is 0. The van der Waals surface area contributed by atoms with Crippen LogP contribution in [0.4, 0.5) is 5.69 Å². The van der Waals surface area contributed by atoms with Gasteiger partial charge in [-0.1, -0.05) is 46.8 Å². The van der Waals surface area contributed by atoms with Gasteiger partial charge in [-0.2, -0.15) is 0 Å². The number of nitrogens with one attached hydrogen (secondary N) is 1. The summed E-state index contributed by atoms with van der Waals surface area (Å²) in [5.74, 6) is -0.132. The average molecular weight is 346 g/mol. The van der Waals surface area contributed by atoms with Gasteiger partial charge in [0, 0.05) is 10.5 Å². The molecule has 0 aliphatic heterocycles. The average Bonchev–Trinajstić information content (AvgIpc) is 2.58. The predicted molar refractivity (Wildman–Crippen MR) is 82.3 cm³/mol. The summed E-state index contributed by atoms with van der Waals surface area (Å²) < 4.78 is 0.886. The molecule has 1 amide bonds. The first-order valence-electron chi connectivity index (χ1n) is 6.59. The molecule has 1 fully saturated rings. The predicted octanol–water partition coefficient (Wildman–Crippen LogP) is 3.95. The van der Waals surface area contributed by atoms with E-state index in [1.807, 2.05) is 12.1 Å². The van der Waals surface area contributed by atoms with Gasteiger partial charge in [0.05, 0.1) is 16.6 Å². The molecule has 2 rings (SSSR count). The lowest BCUT2D eigenvalue weighted by molar-refractivity contribution is -0.120. The summed E-state index contributed by atoms with van der Waals surface area (Å²) in [6, 6.07) is 5.36. The maximum Gasteiger partial charge on any atom is 0.229 e. The van der Waals surface area contributed by atoms with E-state index in [-0.39, 0.29) is 17.9 Å². The molecule has 0 saturated heterocycles. The third kappa shape index (κ3) is 3.94. The van der Waals surface area contributed by atoms with Crippen molar-refractivity contribution < 1.29 is 4.79 Å². The second-order valence-corrected chi connectivity index (χ2v) is 6.34. The Bertz CT molecular complexity index is 467. The van der Waals surface area contributed by atoms with E-state index >= 15 is 0 Å². The zero-order chi connectivity index (χ0) is 13.8. The molecule has 1 saturated carbocycles. The molecule has 19 heavy (non-hydrogen) atoms. The van der Waals surface area contributed by atoms with E-state index in [1.165, 1.54) is 0 Å². The number of amides is 1. The van der Waals surface area contributed by atoms with Crippen molar-refractivity contribution in [2.24, 2.45) is 11.7 Å². The van der Waals surface area contributed by atoms with Crippen LogP contribution in [0.2, 0.25) is 5.02 Å². The zero-order valence-electron chi connectivity index (χ0n) is 10.7. The number of rotatable bonds is 2. The topological polar surface area (TPSA) is 55.1 Å². The highest BCUT2D eigenvalue weighted by Gasteiger charge is 2.27. The van der Waals surface area contributed by atoms with E-state index in [1.54, 1.807) is 6.07 Å². The Morgan fingerprint density at radius 1 is 1.32 bits per heavy atom. The van der Waals surface area contributed by atoms with Crippen LogP contribution in [0.1, 0.15) is 32.1 Å². The first-order chi connectivity index (χ1) is 9.08. The molecule has 0 heterocycles. The van der Waals surface area contributed by atoms with Gasteiger partial charge < -0.3 is 11.1 Å². The van der Waals surface area contributed by atoms with Crippen LogP contribution in [0, 0.1) is 5.92 Å². The van der Waals surface area contributed by atoms with Gasteiger partial charge in [-0.05, 0) is 31.0 Å². The summed E-state index contributed by atoms with van der Waals surface area (Å²) in [6.07, 6.45) is 5.12. The summed E-state index contributed by atoms with van der Waals surface area (Å²) >= 11 is 9.45. The van der Waals surface area contributed by atoms with E-state index in [0.29, 0.717) is 10.7 Å². The van der Waals surface area contributed by atoms with Crippen molar-refractivity contribution in [2.45, 2.75) is 38.1 Å². The number of hydrogen-bond donors (Lipinski definition) is 2. The normalized spacial score (nSPS) is 23.7. The molecule has 3 N–H and O–H groups in total. The Balaban J connectivity index is 2.09. The van der Waals surface area contributed by atoms with E-state index in [4.69, 9.17) is 17.3 Å². The Hall–Kier alpha value is -0.580. The van der Waals surface area contributed by atoms with Gasteiger partial charge >= 0.3 is 0 Å². The molecule has 2 unspecified atom stereocenters. The Morgan fingerprint density at radius 3 is 2.84 bits per heavy atom. The van der Waals surface area contributed by atoms with Crippen LogP contribution in [-0.2, 0) is 4.79 Å². The van der Waals surface area contributed by atoms with Crippen molar-refractivity contribution in [1.29, 1.82) is 0 Å². The SMILES string of the molecule is NC1CCCCCC1C(=O)Nc1cc(Br)ccc1Cl. The summed E-state index contributed by atoms with van der Waals surface area (Å²) in [5, 5.41) is 3.44. The van der Waals surface area contributed by atoms with E-state index in [9.17, 15) is 4.79 Å². The van der Waals surface area contributed by atoms with Crippen LogP contribution in [0.25, 0.3) is 0 Å². The third-order valence-corrected chi connectivity index (χ3v) is 4.42. The number of halogens is 2. The van der Waals surface area contributed by atoms with Crippen molar-refractivity contribution in [3.8, 4) is 0 Å². The lowest BCUT2D eigenvalue weighted by Gasteiger charge is -2.21. The molecule has 0 bridgehead atoms. The summed E-state index contributed by atoms with van der Waals surface area (Å²) in [5.41, 5.74) is 6.73. The van der Waals surface area contributed by atoms with Crippen LogP contribution in [-0.4, -0.2) is 11.9 Å². The highest BCUT2D eigenvalue weighted by molar-refractivity contribution is 9.10. The maximum atomic E-state index is 12.3. The molecule has 104 valence electrons. The summed E-state index contributed by atoms with van der Waals surface area (Å²) in [7, 11) is 0. The second-order valence-electron chi connectivity index (χ2n) is 5.02. The molecule has 3 nitrogen and oxygen atoms in total. The van der Waals surface area contributed by atoms with Crippen molar-refractivity contribution in [3.05, 3.63) is 27.7 Å². The maximum absolute atomic E-state index is 12.3. The van der Waals surface area contributed by atoms with Crippen LogP contribution >= 0.6 is 27.5 Å². The zero-order valence-corrected chi connectivity index (χ0v) is 13.0. The number of benzene rings is 1. The number of carbonyl (C=O) groups is 1. The van der Waals surface area contributed by atoms with E-state index < -0.39 is 0 Å². The second kappa shape index (κ2) is 6.73. The Morgan fingerprint density at radius 2 is 2.05 bits per heavy atom. The van der Waals surface area contributed by atoms with Gasteiger partial charge in [0.25, 0.3) is 0 Å². The minimum atomic E-state index is -0.113. The Kier molecular flexibility index (Phi) is 5.25. The van der Waals surface area contributed by atoms with Gasteiger partial charge in [-0.15, -0.1) is 0 Å². The third-order valence-electron chi connectivity index (χ3n) is 3.59. The van der Waals surface area contributed by atoms with Crippen LogP contribution in [0.3, 0.4) is 0 Å². The van der Waals surface area contributed by atoms with Gasteiger partial charge in [0.15, 0.2) is 0 Å². The van der Waals surface area contributed by atoms with Gasteiger partial charge in [0.2, 0.25) is 5.91 Å². The lowest BCUT2D eigenvalue weighted by atomic mass is 9.94. The van der Waals surface area contributed by atoms with Crippen LogP contribution < -0.4 is 11.1 Å². The fourth-order valence-electron chi connectivity index (χ4n) is 2.48. The fraction of sp³-hybridized carbons (Fsp3) is 0.500. The standard InChI is InChI=1S/C14H18BrClN2O/c15-9-6-7-11(16)13(8-9)18-14(19)10-4-2-1-3-5-12(10)17/h6-8,10,12H,1-5,17H2,(H,18,19). The van der Waals surface area contributed by atoms with Crippen LogP contribution in [0.15, 0.2) is 22.7 Å². The molecule has 5 heteroatoms. The molecule has 1 aromatic carbocycles. The van der Waals surface area contributed by atoms with Crippen molar-refractivity contribution in [1.82, 2.24) is 0 Å². The molecule has 1 aromatic rings. The minimum absolute atomic E-state index is 0.0191. The molecular weight excluding hydrogens is 328 g/mol. The van der Waals surface area contributed by atoms with Crippen molar-refractivity contribution in [2.75, 3.05) is 5.32 Å². The number of carbonyl (C=O) groups excluding carboxylic acids is 1. The molecule has 0 radical (unpaired) electrons. The Labute approximate surface area is 127 Å². The van der Waals surface area contributed by atoms with E-state index in [0.717, 1.165) is 36.6 Å². The molecule has 0 spiro atoms. The quantitative estimate of drug-likeness (QED) is 0.797. The first kappa shape index (κ1) is 14.8. The molecular formula is C14H18BrClN2O. The van der Waals surface area contributed by atoms with Gasteiger partial charge in [0.1, 0.15) is 0 Å². The molecule has 1 aliphatic carbocycles. The highest BCUT2D eigenvalue weighted by atomic mass is 79.9. The molecule has 1 aliphatic rings.